The second-order valence-electron chi connectivity index (χ2n) is 6.42. The van der Waals surface area contributed by atoms with Crippen LogP contribution in [-0.2, 0) is 9.53 Å². The summed E-state index contributed by atoms with van der Waals surface area (Å²) < 4.78 is 4.68. The molecule has 1 aromatic carbocycles. The molecule has 0 aliphatic rings. The third-order valence-electron chi connectivity index (χ3n) is 4.26. The zero-order valence-electron chi connectivity index (χ0n) is 15.6. The number of nitrogens with one attached hydrogen (secondary N) is 1. The molecule has 1 rings (SSSR count). The molecule has 0 aromatic heterocycles. The Labute approximate surface area is 151 Å². The molecule has 1 amide bonds. The van der Waals surface area contributed by atoms with Gasteiger partial charge in [0.1, 0.15) is 0 Å². The Balaban J connectivity index is 2.25. The van der Waals surface area contributed by atoms with Gasteiger partial charge in [-0.1, -0.05) is 58.3 Å². The fraction of sp³-hybridized carbons (Fsp3) is 0.600. The van der Waals surface area contributed by atoms with Gasteiger partial charge < -0.3 is 15.8 Å². The maximum atomic E-state index is 12.0. The summed E-state index contributed by atoms with van der Waals surface area (Å²) in [6.45, 7) is 2.23. The molecule has 3 N–H and O–H groups in total. The maximum absolute atomic E-state index is 12.0. The lowest BCUT2D eigenvalue weighted by Crippen LogP contribution is -2.13. The van der Waals surface area contributed by atoms with E-state index in [0.717, 1.165) is 12.8 Å². The van der Waals surface area contributed by atoms with Gasteiger partial charge in [-0.15, -0.1) is 0 Å². The molecule has 25 heavy (non-hydrogen) atoms. The molecule has 140 valence electrons. The van der Waals surface area contributed by atoms with E-state index < -0.39 is 5.97 Å². The van der Waals surface area contributed by atoms with Crippen LogP contribution in [0.15, 0.2) is 18.2 Å². The Bertz CT molecular complexity index is 544. The number of anilines is 2. The molecule has 5 heteroatoms. The molecule has 0 unspecified atom stereocenters. The molecular weight excluding hydrogens is 316 g/mol. The van der Waals surface area contributed by atoms with E-state index in [1.807, 2.05) is 0 Å². The van der Waals surface area contributed by atoms with Crippen LogP contribution in [0.3, 0.4) is 0 Å². The summed E-state index contributed by atoms with van der Waals surface area (Å²) in [5, 5.41) is 2.78. The largest absolute Gasteiger partial charge is 0.465 e. The summed E-state index contributed by atoms with van der Waals surface area (Å²) in [6.07, 6.45) is 11.4. The minimum absolute atomic E-state index is 0.0725. The van der Waals surface area contributed by atoms with Crippen LogP contribution < -0.4 is 11.1 Å². The van der Waals surface area contributed by atoms with Gasteiger partial charge in [-0.25, -0.2) is 4.79 Å². The number of hydrogen-bond donors (Lipinski definition) is 2. The molecule has 0 aliphatic heterocycles. The van der Waals surface area contributed by atoms with Crippen molar-refractivity contribution in [3.05, 3.63) is 23.8 Å². The topological polar surface area (TPSA) is 81.4 Å². The van der Waals surface area contributed by atoms with E-state index in [2.05, 4.69) is 17.0 Å². The van der Waals surface area contributed by atoms with Gasteiger partial charge in [-0.3, -0.25) is 4.79 Å². The molecule has 0 radical (unpaired) electrons. The summed E-state index contributed by atoms with van der Waals surface area (Å²) in [7, 11) is 1.32. The van der Waals surface area contributed by atoms with Crippen LogP contribution in [0.4, 0.5) is 11.4 Å². The minimum Gasteiger partial charge on any atom is -0.465 e. The number of amides is 1. The number of nitrogens with two attached hydrogens (primary N) is 1. The fourth-order valence-electron chi connectivity index (χ4n) is 2.72. The predicted octanol–water partition coefficient (Wildman–Crippen LogP) is 4.91. The van der Waals surface area contributed by atoms with Gasteiger partial charge in [0.15, 0.2) is 0 Å². The second kappa shape index (κ2) is 12.3. The lowest BCUT2D eigenvalue weighted by molar-refractivity contribution is -0.116. The minimum atomic E-state index is -0.450. The average Bonchev–Trinajstić information content (AvgIpc) is 2.61. The van der Waals surface area contributed by atoms with Crippen LogP contribution in [0.1, 0.15) is 81.5 Å². The number of nitrogen functional groups attached to an aromatic ring is 1. The second-order valence-corrected chi connectivity index (χ2v) is 6.42. The van der Waals surface area contributed by atoms with Gasteiger partial charge in [-0.2, -0.15) is 0 Å². The first-order valence-electron chi connectivity index (χ1n) is 9.36. The monoisotopic (exact) mass is 348 g/mol. The van der Waals surface area contributed by atoms with Gasteiger partial charge in [0.05, 0.1) is 24.0 Å². The molecule has 0 heterocycles. The predicted molar refractivity (Wildman–Crippen MR) is 103 cm³/mol. The van der Waals surface area contributed by atoms with Crippen molar-refractivity contribution in [3.8, 4) is 0 Å². The van der Waals surface area contributed by atoms with Crippen LogP contribution in [0.5, 0.6) is 0 Å². The van der Waals surface area contributed by atoms with Crippen molar-refractivity contribution in [2.75, 3.05) is 18.2 Å². The number of hydrogen-bond acceptors (Lipinski definition) is 4. The highest BCUT2D eigenvalue weighted by Gasteiger charge is 2.10. The van der Waals surface area contributed by atoms with Crippen LogP contribution in [-0.4, -0.2) is 19.0 Å². The van der Waals surface area contributed by atoms with Crippen molar-refractivity contribution in [3.63, 3.8) is 0 Å². The van der Waals surface area contributed by atoms with Gasteiger partial charge in [0.25, 0.3) is 0 Å². The van der Waals surface area contributed by atoms with Crippen molar-refractivity contribution >= 4 is 23.3 Å². The lowest BCUT2D eigenvalue weighted by atomic mass is 10.1. The van der Waals surface area contributed by atoms with E-state index in [9.17, 15) is 9.59 Å². The maximum Gasteiger partial charge on any atom is 0.337 e. The third-order valence-corrected chi connectivity index (χ3v) is 4.26. The number of benzene rings is 1. The number of unbranched alkanes of at least 4 members (excludes halogenated alkanes) is 8. The van der Waals surface area contributed by atoms with Crippen LogP contribution >= 0.6 is 0 Å². The molecule has 0 spiro atoms. The number of methoxy groups -OCH3 is 1. The fourth-order valence-corrected chi connectivity index (χ4v) is 2.72. The van der Waals surface area contributed by atoms with Crippen molar-refractivity contribution < 1.29 is 14.3 Å². The summed E-state index contributed by atoms with van der Waals surface area (Å²) in [6, 6.07) is 4.73. The molecule has 0 bridgehead atoms. The molecule has 0 atom stereocenters. The van der Waals surface area contributed by atoms with Gasteiger partial charge >= 0.3 is 5.97 Å². The van der Waals surface area contributed by atoms with Gasteiger partial charge in [0, 0.05) is 6.42 Å². The van der Waals surface area contributed by atoms with E-state index in [0.29, 0.717) is 23.4 Å². The normalized spacial score (nSPS) is 10.5. The van der Waals surface area contributed by atoms with E-state index in [1.54, 1.807) is 18.2 Å². The van der Waals surface area contributed by atoms with E-state index >= 15 is 0 Å². The molecule has 5 nitrogen and oxygen atoms in total. The summed E-state index contributed by atoms with van der Waals surface area (Å²) in [4.78, 5) is 23.6. The molecule has 0 saturated heterocycles. The SMILES string of the molecule is CCCCCCCCCCCC(=O)Nc1cc(C(=O)OC)ccc1N. The van der Waals surface area contributed by atoms with Gasteiger partial charge in [0.2, 0.25) is 5.91 Å². The number of carbonyl (C=O) groups is 2. The highest BCUT2D eigenvalue weighted by molar-refractivity contribution is 5.97. The third kappa shape index (κ3) is 8.57. The molecule has 0 saturated carbocycles. The number of carbonyl (C=O) groups excluding carboxylic acids is 2. The Morgan fingerprint density at radius 1 is 1.00 bits per heavy atom. The summed E-state index contributed by atoms with van der Waals surface area (Å²) >= 11 is 0. The standard InChI is InChI=1S/C20H32N2O3/c1-3-4-5-6-7-8-9-10-11-12-19(23)22-18-15-16(20(24)25-2)13-14-17(18)21/h13-15H,3-12,21H2,1-2H3,(H,22,23). The lowest BCUT2D eigenvalue weighted by Gasteiger charge is -2.10. The molecule has 0 aliphatic carbocycles. The Morgan fingerprint density at radius 2 is 1.60 bits per heavy atom. The van der Waals surface area contributed by atoms with Crippen molar-refractivity contribution in [2.24, 2.45) is 0 Å². The number of esters is 1. The molecular formula is C20H32N2O3. The van der Waals surface area contributed by atoms with Crippen LogP contribution in [0.25, 0.3) is 0 Å². The van der Waals surface area contributed by atoms with E-state index in [4.69, 9.17) is 5.73 Å². The Hall–Kier alpha value is -2.04. The first-order valence-corrected chi connectivity index (χ1v) is 9.36. The average molecular weight is 348 g/mol. The van der Waals surface area contributed by atoms with Gasteiger partial charge in [-0.05, 0) is 24.6 Å². The van der Waals surface area contributed by atoms with Crippen molar-refractivity contribution in [2.45, 2.75) is 71.1 Å². The zero-order valence-corrected chi connectivity index (χ0v) is 15.6. The summed E-state index contributed by atoms with van der Waals surface area (Å²) in [5.41, 5.74) is 7.13. The highest BCUT2D eigenvalue weighted by atomic mass is 16.5. The van der Waals surface area contributed by atoms with E-state index in [-0.39, 0.29) is 5.91 Å². The van der Waals surface area contributed by atoms with Crippen LogP contribution in [0, 0.1) is 0 Å². The first kappa shape index (κ1) is 21.0. The summed E-state index contributed by atoms with van der Waals surface area (Å²) in [5.74, 6) is -0.522. The van der Waals surface area contributed by atoms with E-state index in [1.165, 1.54) is 52.1 Å². The molecule has 0 fully saturated rings. The number of ether oxygens (including phenoxy) is 1. The molecule has 1 aromatic rings. The van der Waals surface area contributed by atoms with Crippen molar-refractivity contribution in [1.29, 1.82) is 0 Å². The Morgan fingerprint density at radius 3 is 2.20 bits per heavy atom. The Kier molecular flexibility index (Phi) is 10.4. The van der Waals surface area contributed by atoms with Crippen molar-refractivity contribution in [1.82, 2.24) is 0 Å². The van der Waals surface area contributed by atoms with Crippen LogP contribution in [0.2, 0.25) is 0 Å². The first-order chi connectivity index (χ1) is 12.1. The quantitative estimate of drug-likeness (QED) is 0.319. The zero-order chi connectivity index (χ0) is 18.5. The number of rotatable bonds is 12. The smallest absolute Gasteiger partial charge is 0.337 e. The highest BCUT2D eigenvalue weighted by Crippen LogP contribution is 2.21.